The number of hydrogen-bond donors (Lipinski definition) is 4. The van der Waals surface area contributed by atoms with E-state index >= 15 is 0 Å². The molecule has 38 heavy (non-hydrogen) atoms. The van der Waals surface area contributed by atoms with E-state index in [2.05, 4.69) is 94.1 Å². The van der Waals surface area contributed by atoms with Gasteiger partial charge in [0.25, 0.3) is 0 Å². The predicted molar refractivity (Wildman–Crippen MR) is 156 cm³/mol. The maximum atomic E-state index is 6.57. The third-order valence-electron chi connectivity index (χ3n) is 7.95. The number of nitrogens with zero attached hydrogens (tertiary/aromatic N) is 2. The minimum absolute atomic E-state index is 0.152. The summed E-state index contributed by atoms with van der Waals surface area (Å²) in [5, 5.41) is 8.29. The highest BCUT2D eigenvalue weighted by atomic mass is 35.5. The van der Waals surface area contributed by atoms with Gasteiger partial charge in [0.2, 0.25) is 0 Å². The van der Waals surface area contributed by atoms with Crippen LogP contribution in [0.2, 0.25) is 29.4 Å². The van der Waals surface area contributed by atoms with Crippen LogP contribution < -0.4 is 10.6 Å². The first-order valence-electron chi connectivity index (χ1n) is 13.1. The lowest BCUT2D eigenvalue weighted by molar-refractivity contribution is 0.587. The minimum atomic E-state index is -1.19. The number of aromatic amines is 2. The van der Waals surface area contributed by atoms with Crippen molar-refractivity contribution in [2.45, 2.75) is 43.7 Å². The minimum Gasteiger partial charge on any atom is -0.331 e. The molecule has 4 N–H and O–H groups in total. The molecule has 4 unspecified atom stereocenters. The van der Waals surface area contributed by atoms with Crippen molar-refractivity contribution < 1.29 is 0 Å². The molecule has 2 aromatic carbocycles. The third-order valence-corrected chi connectivity index (χ3v) is 11.2. The normalized spacial score (nSPS) is 25.1. The molecule has 2 aromatic heterocycles. The zero-order valence-electron chi connectivity index (χ0n) is 21.2. The second-order valence-electron chi connectivity index (χ2n) is 11.4. The van der Waals surface area contributed by atoms with Crippen LogP contribution in [0.3, 0.4) is 0 Å². The molecule has 2 fully saturated rings. The predicted octanol–water partition coefficient (Wildman–Crippen LogP) is 6.37. The second-order valence-corrected chi connectivity index (χ2v) is 17.2. The summed E-state index contributed by atoms with van der Waals surface area (Å²) in [6.07, 6.45) is 2.08. The van der Waals surface area contributed by atoms with Gasteiger partial charge in [-0.15, -0.1) is 0 Å². The molecule has 0 saturated carbocycles. The van der Waals surface area contributed by atoms with Crippen LogP contribution in [-0.4, -0.2) is 40.2 Å². The summed E-state index contributed by atoms with van der Waals surface area (Å²) in [7, 11) is -1.19. The van der Waals surface area contributed by atoms with E-state index < -0.39 is 8.07 Å². The highest BCUT2D eigenvalue weighted by Crippen LogP contribution is 2.37. The molecule has 4 atom stereocenters. The van der Waals surface area contributed by atoms with Gasteiger partial charge in [-0.1, -0.05) is 96.7 Å². The van der Waals surface area contributed by atoms with E-state index in [9.17, 15) is 0 Å². The number of halogens is 2. The average molecular weight is 560 g/mol. The zero-order valence-corrected chi connectivity index (χ0v) is 23.7. The van der Waals surface area contributed by atoms with E-state index in [-0.39, 0.29) is 12.1 Å². The molecule has 0 radical (unpaired) electrons. The van der Waals surface area contributed by atoms with E-state index in [4.69, 9.17) is 33.2 Å². The molecule has 0 amide bonds. The van der Waals surface area contributed by atoms with Crippen LogP contribution in [0, 0.1) is 17.8 Å². The maximum Gasteiger partial charge on any atom is 0.134 e. The first-order chi connectivity index (χ1) is 18.3. The van der Waals surface area contributed by atoms with Crippen LogP contribution in [0.4, 0.5) is 0 Å². The van der Waals surface area contributed by atoms with Gasteiger partial charge in [0.05, 0.1) is 26.2 Å². The Hall–Kier alpha value is -2.86. The summed E-state index contributed by atoms with van der Waals surface area (Å²) < 4.78 is 0. The van der Waals surface area contributed by atoms with Crippen molar-refractivity contribution >= 4 is 31.3 Å². The molecule has 4 aromatic rings. The molecule has 9 heteroatoms. The van der Waals surface area contributed by atoms with Crippen molar-refractivity contribution in [3.05, 3.63) is 70.5 Å². The standard InChI is InChI=1S/C29H28Cl2N6Si/c1-38(2)14-23(32-15-38)29-35-25(27(31)37-29)19-9-5-17(6-10-19)16-3-7-18(8-4-16)24-26(30)36-28(34-24)22-13-20-11-12-21(20)33-22/h3-10,20-23,32-33H,13-15H2,1-2H3,(H,34,36)(H,35,37). The summed E-state index contributed by atoms with van der Waals surface area (Å²) in [6, 6.07) is 18.6. The van der Waals surface area contributed by atoms with Crippen LogP contribution >= 0.6 is 23.2 Å². The summed E-state index contributed by atoms with van der Waals surface area (Å²) >= 11 is 13.1. The molecular weight excluding hydrogens is 531 g/mol. The average Bonchev–Trinajstić information content (AvgIpc) is 3.65. The van der Waals surface area contributed by atoms with Crippen molar-refractivity contribution in [3.8, 4) is 45.5 Å². The molecule has 2 aliphatic heterocycles. The summed E-state index contributed by atoms with van der Waals surface area (Å²) in [6.45, 7) is 4.81. The van der Waals surface area contributed by atoms with Crippen LogP contribution in [0.25, 0.3) is 33.6 Å². The Kier molecular flexibility index (Phi) is 5.80. The SMILES string of the molecule is C[Si]1(C)CNC(c2nc(-c3ccc(-c4ccc(-c5nc(C6CC7C#CC7N6)[nH]c5Cl)cc4)cc3)c(Cl)[nH]2)C1. The molecular formula is C29H28Cl2N6Si. The number of hydrogen-bond acceptors (Lipinski definition) is 4. The van der Waals surface area contributed by atoms with Crippen molar-refractivity contribution in [1.29, 1.82) is 0 Å². The van der Waals surface area contributed by atoms with Gasteiger partial charge >= 0.3 is 0 Å². The Balaban J connectivity index is 1.07. The highest BCUT2D eigenvalue weighted by Gasteiger charge is 2.38. The van der Waals surface area contributed by atoms with Crippen LogP contribution in [0.15, 0.2) is 48.5 Å². The molecule has 1 aliphatic carbocycles. The number of nitrogens with one attached hydrogen (secondary N) is 4. The number of rotatable bonds is 5. The van der Waals surface area contributed by atoms with Crippen LogP contribution in [0.1, 0.15) is 30.2 Å². The second kappa shape index (κ2) is 9.11. The Morgan fingerprint density at radius 3 is 1.71 bits per heavy atom. The summed E-state index contributed by atoms with van der Waals surface area (Å²) in [4.78, 5) is 16.3. The monoisotopic (exact) mass is 558 g/mol. The molecule has 192 valence electrons. The molecule has 6 nitrogen and oxygen atoms in total. The van der Waals surface area contributed by atoms with Gasteiger partial charge in [0, 0.05) is 17.0 Å². The molecule has 2 saturated heterocycles. The van der Waals surface area contributed by atoms with Gasteiger partial charge in [-0.25, -0.2) is 9.97 Å². The Labute approximate surface area is 233 Å². The molecule has 0 bridgehead atoms. The fourth-order valence-electron chi connectivity index (χ4n) is 5.75. The van der Waals surface area contributed by atoms with E-state index in [1.165, 1.54) is 6.04 Å². The fraction of sp³-hybridized carbons (Fsp3) is 0.310. The van der Waals surface area contributed by atoms with Crippen molar-refractivity contribution in [2.24, 2.45) is 5.92 Å². The van der Waals surface area contributed by atoms with E-state index in [1.807, 2.05) is 0 Å². The van der Waals surface area contributed by atoms with Crippen LogP contribution in [0.5, 0.6) is 0 Å². The Morgan fingerprint density at radius 1 is 0.763 bits per heavy atom. The van der Waals surface area contributed by atoms with Crippen molar-refractivity contribution in [2.75, 3.05) is 6.17 Å². The summed E-state index contributed by atoms with van der Waals surface area (Å²) in [5.41, 5.74) is 5.81. The fourth-order valence-corrected chi connectivity index (χ4v) is 8.63. The lowest BCUT2D eigenvalue weighted by atomic mass is 9.93. The van der Waals surface area contributed by atoms with Gasteiger partial charge in [0.1, 0.15) is 33.3 Å². The lowest BCUT2D eigenvalue weighted by Crippen LogP contribution is -2.30. The van der Waals surface area contributed by atoms with Gasteiger partial charge in [-0.2, -0.15) is 0 Å². The number of benzene rings is 2. The Morgan fingerprint density at radius 2 is 1.29 bits per heavy atom. The quantitative estimate of drug-likeness (QED) is 0.169. The molecule has 4 heterocycles. The third kappa shape index (κ3) is 4.31. The smallest absolute Gasteiger partial charge is 0.134 e. The van der Waals surface area contributed by atoms with Gasteiger partial charge in [-0.3, -0.25) is 5.32 Å². The first-order valence-corrected chi connectivity index (χ1v) is 17.2. The van der Waals surface area contributed by atoms with E-state index in [0.717, 1.165) is 57.9 Å². The number of fused-ring (bicyclic) bond motifs is 1. The lowest BCUT2D eigenvalue weighted by Gasteiger charge is -2.13. The molecule has 7 rings (SSSR count). The van der Waals surface area contributed by atoms with E-state index in [0.29, 0.717) is 22.3 Å². The number of aromatic nitrogens is 4. The topological polar surface area (TPSA) is 81.4 Å². The van der Waals surface area contributed by atoms with E-state index in [1.54, 1.807) is 0 Å². The van der Waals surface area contributed by atoms with Crippen molar-refractivity contribution in [1.82, 2.24) is 30.6 Å². The largest absolute Gasteiger partial charge is 0.331 e. The van der Waals surface area contributed by atoms with Gasteiger partial charge in [-0.05, 0) is 29.8 Å². The zero-order chi connectivity index (χ0) is 26.0. The molecule has 3 aliphatic rings. The molecule has 0 spiro atoms. The first kappa shape index (κ1) is 24.2. The van der Waals surface area contributed by atoms with Gasteiger partial charge < -0.3 is 15.3 Å². The number of H-pyrrole nitrogens is 2. The highest BCUT2D eigenvalue weighted by molar-refractivity contribution is 6.78. The number of imidazole rings is 2. The Bertz CT molecular complexity index is 1470. The maximum absolute atomic E-state index is 6.57. The van der Waals surface area contributed by atoms with Crippen molar-refractivity contribution in [3.63, 3.8) is 0 Å². The summed E-state index contributed by atoms with van der Waals surface area (Å²) in [5.74, 6) is 8.62. The van der Waals surface area contributed by atoms with Gasteiger partial charge in [0.15, 0.2) is 0 Å². The van der Waals surface area contributed by atoms with Crippen LogP contribution in [-0.2, 0) is 0 Å².